The SMILES string of the molecule is Cc1ccc(C)c(OCCCCC(=O)NCc2cn3ccsc3n2)c1. The molecule has 0 aliphatic heterocycles. The van der Waals surface area contributed by atoms with Crippen LogP contribution in [0.3, 0.4) is 0 Å². The van der Waals surface area contributed by atoms with Gasteiger partial charge in [-0.3, -0.25) is 9.20 Å². The molecule has 1 N–H and O–H groups in total. The smallest absolute Gasteiger partial charge is 0.220 e. The van der Waals surface area contributed by atoms with Gasteiger partial charge in [0.1, 0.15) is 5.75 Å². The topological polar surface area (TPSA) is 55.6 Å². The van der Waals surface area contributed by atoms with Gasteiger partial charge in [-0.1, -0.05) is 12.1 Å². The number of hydrogen-bond donors (Lipinski definition) is 1. The molecular formula is C19H23N3O2S. The number of unbranched alkanes of at least 4 members (excludes halogenated alkanes) is 1. The molecule has 2 heterocycles. The zero-order valence-electron chi connectivity index (χ0n) is 14.6. The van der Waals surface area contributed by atoms with E-state index in [0.717, 1.165) is 34.8 Å². The van der Waals surface area contributed by atoms with E-state index in [1.165, 1.54) is 5.56 Å². The van der Waals surface area contributed by atoms with Crippen LogP contribution in [0.2, 0.25) is 0 Å². The third-order valence-electron chi connectivity index (χ3n) is 4.01. The first-order valence-electron chi connectivity index (χ1n) is 8.49. The summed E-state index contributed by atoms with van der Waals surface area (Å²) in [7, 11) is 0. The molecule has 0 saturated heterocycles. The van der Waals surface area contributed by atoms with Crippen molar-refractivity contribution >= 4 is 22.2 Å². The van der Waals surface area contributed by atoms with Gasteiger partial charge in [-0.25, -0.2) is 4.98 Å². The molecule has 0 atom stereocenters. The third kappa shape index (κ3) is 4.82. The number of aryl methyl sites for hydroxylation is 2. The minimum Gasteiger partial charge on any atom is -0.493 e. The van der Waals surface area contributed by atoms with Crippen LogP contribution >= 0.6 is 11.3 Å². The molecule has 132 valence electrons. The van der Waals surface area contributed by atoms with Gasteiger partial charge < -0.3 is 10.1 Å². The van der Waals surface area contributed by atoms with E-state index in [1.807, 2.05) is 29.1 Å². The molecule has 0 radical (unpaired) electrons. The van der Waals surface area contributed by atoms with Crippen LogP contribution in [-0.4, -0.2) is 21.9 Å². The van der Waals surface area contributed by atoms with Crippen molar-refractivity contribution in [2.75, 3.05) is 6.61 Å². The molecule has 5 nitrogen and oxygen atoms in total. The van der Waals surface area contributed by atoms with Crippen molar-refractivity contribution in [3.05, 3.63) is 52.8 Å². The number of nitrogens with zero attached hydrogens (tertiary/aromatic N) is 2. The molecule has 3 aromatic rings. The summed E-state index contributed by atoms with van der Waals surface area (Å²) in [5.41, 5.74) is 3.22. The first kappa shape index (κ1) is 17.5. The normalized spacial score (nSPS) is 11.0. The minimum atomic E-state index is 0.0584. The molecule has 0 saturated carbocycles. The van der Waals surface area contributed by atoms with E-state index in [9.17, 15) is 4.79 Å². The van der Waals surface area contributed by atoms with Crippen LogP contribution in [0.25, 0.3) is 4.96 Å². The molecule has 3 rings (SSSR count). The predicted octanol–water partition coefficient (Wildman–Crippen LogP) is 3.88. The van der Waals surface area contributed by atoms with Crippen LogP contribution in [0.4, 0.5) is 0 Å². The van der Waals surface area contributed by atoms with Gasteiger partial charge >= 0.3 is 0 Å². The number of imidazole rings is 1. The number of aromatic nitrogens is 2. The number of benzene rings is 1. The lowest BCUT2D eigenvalue weighted by Gasteiger charge is -2.10. The molecule has 1 aromatic carbocycles. The Labute approximate surface area is 151 Å². The number of amides is 1. The van der Waals surface area contributed by atoms with E-state index < -0.39 is 0 Å². The zero-order chi connectivity index (χ0) is 17.6. The second kappa shape index (κ2) is 8.16. The average Bonchev–Trinajstić information content (AvgIpc) is 3.17. The second-order valence-electron chi connectivity index (χ2n) is 6.18. The van der Waals surface area contributed by atoms with Crippen LogP contribution in [0.1, 0.15) is 36.1 Å². The lowest BCUT2D eigenvalue weighted by Crippen LogP contribution is -2.22. The van der Waals surface area contributed by atoms with Gasteiger partial charge in [-0.2, -0.15) is 0 Å². The number of thiazole rings is 1. The van der Waals surface area contributed by atoms with Crippen molar-refractivity contribution in [3.63, 3.8) is 0 Å². The van der Waals surface area contributed by atoms with E-state index in [4.69, 9.17) is 4.74 Å². The highest BCUT2D eigenvalue weighted by Gasteiger charge is 2.06. The maximum atomic E-state index is 11.9. The highest BCUT2D eigenvalue weighted by Crippen LogP contribution is 2.19. The van der Waals surface area contributed by atoms with Gasteiger partial charge in [0, 0.05) is 24.2 Å². The van der Waals surface area contributed by atoms with E-state index in [0.29, 0.717) is 19.6 Å². The van der Waals surface area contributed by atoms with Crippen LogP contribution in [0.15, 0.2) is 36.0 Å². The van der Waals surface area contributed by atoms with Crippen molar-refractivity contribution in [3.8, 4) is 5.75 Å². The van der Waals surface area contributed by atoms with E-state index in [-0.39, 0.29) is 5.91 Å². The highest BCUT2D eigenvalue weighted by atomic mass is 32.1. The van der Waals surface area contributed by atoms with E-state index >= 15 is 0 Å². The average molecular weight is 357 g/mol. The van der Waals surface area contributed by atoms with Gasteiger partial charge in [0.2, 0.25) is 5.91 Å². The van der Waals surface area contributed by atoms with Crippen molar-refractivity contribution in [2.45, 2.75) is 39.7 Å². The standard InChI is InChI=1S/C19H23N3O2S/c1-14-6-7-15(2)17(11-14)24-9-4-3-5-18(23)20-12-16-13-22-8-10-25-19(22)21-16/h6-8,10-11,13H,3-5,9,12H2,1-2H3,(H,20,23). The summed E-state index contributed by atoms with van der Waals surface area (Å²) in [5, 5.41) is 4.92. The quantitative estimate of drug-likeness (QED) is 0.623. The fraction of sp³-hybridized carbons (Fsp3) is 0.368. The number of fused-ring (bicyclic) bond motifs is 1. The Kier molecular flexibility index (Phi) is 5.71. The van der Waals surface area contributed by atoms with Crippen molar-refractivity contribution < 1.29 is 9.53 Å². The minimum absolute atomic E-state index is 0.0584. The summed E-state index contributed by atoms with van der Waals surface area (Å²) in [6, 6.07) is 6.20. The molecular weight excluding hydrogens is 334 g/mol. The fourth-order valence-corrected chi connectivity index (χ4v) is 3.29. The monoisotopic (exact) mass is 357 g/mol. The lowest BCUT2D eigenvalue weighted by atomic mass is 10.1. The summed E-state index contributed by atoms with van der Waals surface area (Å²) in [4.78, 5) is 17.3. The summed E-state index contributed by atoms with van der Waals surface area (Å²) in [5.74, 6) is 0.993. The fourth-order valence-electron chi connectivity index (χ4n) is 2.57. The van der Waals surface area contributed by atoms with Crippen LogP contribution in [-0.2, 0) is 11.3 Å². The number of carbonyl (C=O) groups excluding carboxylic acids is 1. The number of rotatable bonds is 8. The van der Waals surface area contributed by atoms with Crippen molar-refractivity contribution in [1.82, 2.24) is 14.7 Å². The Morgan fingerprint density at radius 2 is 2.20 bits per heavy atom. The van der Waals surface area contributed by atoms with Gasteiger partial charge in [-0.15, -0.1) is 11.3 Å². The molecule has 0 fully saturated rings. The zero-order valence-corrected chi connectivity index (χ0v) is 15.4. The number of hydrogen-bond acceptors (Lipinski definition) is 4. The molecule has 1 amide bonds. The molecule has 0 spiro atoms. The maximum Gasteiger partial charge on any atom is 0.220 e. The Morgan fingerprint density at radius 1 is 1.32 bits per heavy atom. The first-order chi connectivity index (χ1) is 12.1. The lowest BCUT2D eigenvalue weighted by molar-refractivity contribution is -0.121. The van der Waals surface area contributed by atoms with E-state index in [2.05, 4.69) is 35.4 Å². The highest BCUT2D eigenvalue weighted by molar-refractivity contribution is 7.15. The number of ether oxygens (including phenoxy) is 1. The molecule has 6 heteroatoms. The van der Waals surface area contributed by atoms with Crippen LogP contribution < -0.4 is 10.1 Å². The molecule has 0 aliphatic carbocycles. The van der Waals surface area contributed by atoms with Gasteiger partial charge in [0.05, 0.1) is 18.8 Å². The Bertz CT molecular complexity index is 825. The first-order valence-corrected chi connectivity index (χ1v) is 9.37. The summed E-state index contributed by atoms with van der Waals surface area (Å²) in [6.45, 7) is 5.21. The number of carbonyl (C=O) groups is 1. The Hall–Kier alpha value is -2.34. The second-order valence-corrected chi connectivity index (χ2v) is 7.05. The summed E-state index contributed by atoms with van der Waals surface area (Å²) < 4.78 is 7.78. The Morgan fingerprint density at radius 3 is 3.04 bits per heavy atom. The van der Waals surface area contributed by atoms with Gasteiger partial charge in [0.15, 0.2) is 4.96 Å². The summed E-state index contributed by atoms with van der Waals surface area (Å²) in [6.07, 6.45) is 6.10. The molecule has 0 aliphatic rings. The summed E-state index contributed by atoms with van der Waals surface area (Å²) >= 11 is 1.59. The number of nitrogens with one attached hydrogen (secondary N) is 1. The molecule has 0 bridgehead atoms. The predicted molar refractivity (Wildman–Crippen MR) is 100 cm³/mol. The third-order valence-corrected chi connectivity index (χ3v) is 4.78. The maximum absolute atomic E-state index is 11.9. The van der Waals surface area contributed by atoms with Crippen molar-refractivity contribution in [1.29, 1.82) is 0 Å². The van der Waals surface area contributed by atoms with Crippen LogP contribution in [0.5, 0.6) is 5.75 Å². The molecule has 25 heavy (non-hydrogen) atoms. The van der Waals surface area contributed by atoms with E-state index in [1.54, 1.807) is 11.3 Å². The largest absolute Gasteiger partial charge is 0.493 e. The molecule has 2 aromatic heterocycles. The van der Waals surface area contributed by atoms with Crippen molar-refractivity contribution in [2.24, 2.45) is 0 Å². The van der Waals surface area contributed by atoms with Gasteiger partial charge in [0.25, 0.3) is 0 Å². The van der Waals surface area contributed by atoms with Gasteiger partial charge in [-0.05, 0) is 43.9 Å². The molecule has 0 unspecified atom stereocenters. The Balaban J connectivity index is 1.32. The van der Waals surface area contributed by atoms with Crippen LogP contribution in [0, 0.1) is 13.8 Å².